The minimum atomic E-state index is -1.68. The number of fused-ring (bicyclic) bond motifs is 2. The average molecular weight is 564 g/mol. The van der Waals surface area contributed by atoms with Crippen molar-refractivity contribution in [1.29, 1.82) is 0 Å². The van der Waals surface area contributed by atoms with Crippen LogP contribution >= 0.6 is 0 Å². The Morgan fingerprint density at radius 3 is 2.37 bits per heavy atom. The molecule has 0 radical (unpaired) electrons. The topological polar surface area (TPSA) is 116 Å². The summed E-state index contributed by atoms with van der Waals surface area (Å²) in [5.74, 6) is -1.88. The van der Waals surface area contributed by atoms with Gasteiger partial charge in [-0.15, -0.1) is 0 Å². The van der Waals surface area contributed by atoms with E-state index in [2.05, 4.69) is 5.10 Å². The number of carboxylic acid groups (broad SMARTS) is 1. The van der Waals surface area contributed by atoms with E-state index >= 15 is 4.39 Å². The van der Waals surface area contributed by atoms with Crippen LogP contribution in [0.2, 0.25) is 0 Å². The molecule has 0 aliphatic heterocycles. The molecule has 0 aliphatic carbocycles. The summed E-state index contributed by atoms with van der Waals surface area (Å²) in [5.41, 5.74) is 0.290. The van der Waals surface area contributed by atoms with Crippen molar-refractivity contribution in [1.82, 2.24) is 14.3 Å². The van der Waals surface area contributed by atoms with Crippen molar-refractivity contribution in [2.45, 2.75) is 25.9 Å². The van der Waals surface area contributed by atoms with Crippen LogP contribution in [0.5, 0.6) is 0 Å². The Morgan fingerprint density at radius 2 is 1.78 bits per heavy atom. The second-order valence-corrected chi connectivity index (χ2v) is 9.74. The van der Waals surface area contributed by atoms with E-state index in [1.54, 1.807) is 42.7 Å². The molecule has 0 saturated carbocycles. The van der Waals surface area contributed by atoms with Crippen LogP contribution in [-0.2, 0) is 15.1 Å². The summed E-state index contributed by atoms with van der Waals surface area (Å²) < 4.78 is 43.4. The van der Waals surface area contributed by atoms with E-state index in [1.807, 2.05) is 0 Å². The number of aryl methyl sites for hydroxylation is 1. The monoisotopic (exact) mass is 563 g/mol. The number of hydrogen-bond donors (Lipinski definition) is 2. The molecule has 212 valence electrons. The number of benzene rings is 3. The molecule has 0 spiro atoms. The molecule has 1 atom stereocenters. The van der Waals surface area contributed by atoms with Crippen LogP contribution in [0.4, 0.5) is 13.6 Å². The molecule has 11 heteroatoms. The van der Waals surface area contributed by atoms with Crippen LogP contribution in [0.1, 0.15) is 35.0 Å². The zero-order chi connectivity index (χ0) is 29.6. The van der Waals surface area contributed by atoms with Gasteiger partial charge in [-0.05, 0) is 60.9 Å². The van der Waals surface area contributed by atoms with Crippen molar-refractivity contribution >= 4 is 33.9 Å². The van der Waals surface area contributed by atoms with Crippen LogP contribution in [0.25, 0.3) is 38.6 Å². The number of aliphatic hydroxyl groups is 1. The zero-order valence-corrected chi connectivity index (χ0v) is 22.7. The molecule has 0 amide bonds. The van der Waals surface area contributed by atoms with Gasteiger partial charge < -0.3 is 24.3 Å². The van der Waals surface area contributed by atoms with E-state index in [0.29, 0.717) is 21.5 Å². The first kappa shape index (κ1) is 27.9. The van der Waals surface area contributed by atoms with Crippen molar-refractivity contribution in [3.05, 3.63) is 83.2 Å². The second kappa shape index (κ2) is 10.4. The van der Waals surface area contributed by atoms with Crippen LogP contribution in [0.15, 0.2) is 54.7 Å². The maximum absolute atomic E-state index is 16.7. The van der Waals surface area contributed by atoms with Gasteiger partial charge in [0.15, 0.2) is 5.82 Å². The minimum Gasteiger partial charge on any atom is -0.465 e. The number of aromatic nitrogens is 3. The molecule has 3 aromatic carbocycles. The lowest BCUT2D eigenvalue weighted by atomic mass is 9.89. The Balaban J connectivity index is 2.02. The predicted molar refractivity (Wildman–Crippen MR) is 147 cm³/mol. The molecular weight excluding hydrogens is 536 g/mol. The fourth-order valence-electron chi connectivity index (χ4n) is 5.27. The molecule has 5 rings (SSSR count). The molecule has 0 saturated heterocycles. The Kier molecular flexibility index (Phi) is 7.10. The fraction of sp³-hybridized carbons (Fsp3) is 0.233. The van der Waals surface area contributed by atoms with Gasteiger partial charge in [-0.2, -0.15) is 9.78 Å². The van der Waals surface area contributed by atoms with Crippen LogP contribution < -0.4 is 0 Å². The molecule has 1 unspecified atom stereocenters. The van der Waals surface area contributed by atoms with Gasteiger partial charge in [0.05, 0.1) is 36.7 Å². The van der Waals surface area contributed by atoms with Crippen LogP contribution in [0, 0.1) is 18.6 Å². The highest BCUT2D eigenvalue weighted by Gasteiger charge is 2.38. The third kappa shape index (κ3) is 4.43. The van der Waals surface area contributed by atoms with Gasteiger partial charge in [0.1, 0.15) is 16.9 Å². The summed E-state index contributed by atoms with van der Waals surface area (Å²) in [7, 11) is 2.68. The molecule has 0 bridgehead atoms. The van der Waals surface area contributed by atoms with Gasteiger partial charge in [0.2, 0.25) is 0 Å². The van der Waals surface area contributed by atoms with Gasteiger partial charge in [-0.25, -0.2) is 18.4 Å². The molecular formula is C30H27F2N3O6. The summed E-state index contributed by atoms with van der Waals surface area (Å²) in [4.78, 5) is 24.0. The number of rotatable bonds is 7. The molecule has 0 fully saturated rings. The summed E-state index contributed by atoms with van der Waals surface area (Å²) in [6.07, 6.45) is -0.0834. The number of ether oxygens (including phenoxy) is 2. The largest absolute Gasteiger partial charge is 0.465 e. The number of halogens is 2. The van der Waals surface area contributed by atoms with Gasteiger partial charge >= 0.3 is 12.1 Å². The SMILES string of the molecule is CCC(O)(COC)c1c(-c2ccc(C(=O)OC)cc2)c2c(F)c3c(cnn3C(=O)O)cc2n1-c1ccc(F)c(C)c1. The van der Waals surface area contributed by atoms with Crippen molar-refractivity contribution < 1.29 is 38.1 Å². The number of carbonyl (C=O) groups excluding carboxylic acids is 1. The average Bonchev–Trinajstić information content (AvgIpc) is 3.55. The third-order valence-corrected chi connectivity index (χ3v) is 7.31. The lowest BCUT2D eigenvalue weighted by molar-refractivity contribution is -0.0422. The highest BCUT2D eigenvalue weighted by molar-refractivity contribution is 6.08. The van der Waals surface area contributed by atoms with Crippen LogP contribution in [-0.4, -0.2) is 57.4 Å². The van der Waals surface area contributed by atoms with Gasteiger partial charge in [0, 0.05) is 29.1 Å². The van der Waals surface area contributed by atoms with Crippen molar-refractivity contribution in [2.24, 2.45) is 0 Å². The first-order valence-electron chi connectivity index (χ1n) is 12.7. The summed E-state index contributed by atoms with van der Waals surface area (Å²) in [6, 6.07) is 12.2. The van der Waals surface area contributed by atoms with Gasteiger partial charge in [-0.1, -0.05) is 19.1 Å². The van der Waals surface area contributed by atoms with Crippen molar-refractivity contribution in [3.8, 4) is 16.8 Å². The number of nitrogens with zero attached hydrogens (tertiary/aromatic N) is 3. The van der Waals surface area contributed by atoms with E-state index in [1.165, 1.54) is 44.7 Å². The number of esters is 1. The molecule has 9 nitrogen and oxygen atoms in total. The normalized spacial score (nSPS) is 13.0. The summed E-state index contributed by atoms with van der Waals surface area (Å²) in [5, 5.41) is 25.8. The Bertz CT molecular complexity index is 1830. The highest BCUT2D eigenvalue weighted by atomic mass is 19.1. The first-order chi connectivity index (χ1) is 19.6. The molecule has 2 heterocycles. The van der Waals surface area contributed by atoms with Crippen molar-refractivity contribution in [3.63, 3.8) is 0 Å². The quantitative estimate of drug-likeness (QED) is 0.241. The second-order valence-electron chi connectivity index (χ2n) is 9.74. The Hall–Kier alpha value is -4.61. The molecule has 5 aromatic rings. The zero-order valence-electron chi connectivity index (χ0n) is 22.7. The molecule has 2 N–H and O–H groups in total. The summed E-state index contributed by atoms with van der Waals surface area (Å²) >= 11 is 0. The van der Waals surface area contributed by atoms with E-state index < -0.39 is 29.3 Å². The van der Waals surface area contributed by atoms with Crippen molar-refractivity contribution in [2.75, 3.05) is 20.8 Å². The maximum Gasteiger partial charge on any atom is 0.432 e. The number of carbonyl (C=O) groups is 2. The highest BCUT2D eigenvalue weighted by Crippen LogP contribution is 2.46. The van der Waals surface area contributed by atoms with Crippen LogP contribution in [0.3, 0.4) is 0 Å². The Labute approximate surface area is 233 Å². The Morgan fingerprint density at radius 1 is 1.07 bits per heavy atom. The lowest BCUT2D eigenvalue weighted by Crippen LogP contribution is -2.33. The standard InChI is InChI=1S/C30H27F2N3O6/c1-5-30(39,15-40-3)27-23(17-6-8-18(9-7-17)28(36)41-4)24-22(34(27)20-10-11-21(31)16(2)12-20)13-19-14-33-35(29(37)38)26(19)25(24)32/h6-14,39H,5,15H2,1-4H3,(H,37,38). The lowest BCUT2D eigenvalue weighted by Gasteiger charge is -2.30. The first-order valence-corrected chi connectivity index (χ1v) is 12.7. The maximum atomic E-state index is 16.7. The number of hydrogen-bond acceptors (Lipinski definition) is 6. The number of methoxy groups -OCH3 is 2. The molecule has 41 heavy (non-hydrogen) atoms. The van der Waals surface area contributed by atoms with E-state index in [9.17, 15) is 24.2 Å². The minimum absolute atomic E-state index is 0.00581. The van der Waals surface area contributed by atoms with Gasteiger partial charge in [0.25, 0.3) is 0 Å². The smallest absolute Gasteiger partial charge is 0.432 e. The predicted octanol–water partition coefficient (Wildman–Crippen LogP) is 5.79. The fourth-order valence-corrected chi connectivity index (χ4v) is 5.27. The van der Waals surface area contributed by atoms with E-state index in [4.69, 9.17) is 9.47 Å². The van der Waals surface area contributed by atoms with E-state index in [-0.39, 0.29) is 51.7 Å². The van der Waals surface area contributed by atoms with E-state index in [0.717, 1.165) is 0 Å². The summed E-state index contributed by atoms with van der Waals surface area (Å²) in [6.45, 7) is 3.17. The molecule has 2 aromatic heterocycles. The third-order valence-electron chi connectivity index (χ3n) is 7.31. The molecule has 0 aliphatic rings. The van der Waals surface area contributed by atoms with Gasteiger partial charge in [-0.3, -0.25) is 0 Å².